The molecule has 0 saturated carbocycles. The van der Waals surface area contributed by atoms with Gasteiger partial charge in [0.25, 0.3) is 0 Å². The topological polar surface area (TPSA) is 30.5 Å². The molecule has 1 N–H and O–H groups in total. The Balaban J connectivity index is 1.78. The molecule has 1 atom stereocenters. The number of hydrogen-bond donors (Lipinski definition) is 1. The molecule has 22 heavy (non-hydrogen) atoms. The van der Waals surface area contributed by atoms with Crippen LogP contribution in [0.3, 0.4) is 0 Å². The molecule has 2 aromatic carbocycles. The first kappa shape index (κ1) is 16.2. The van der Waals surface area contributed by atoms with Gasteiger partial charge in [-0.15, -0.1) is 0 Å². The zero-order valence-electron chi connectivity index (χ0n) is 13.6. The van der Waals surface area contributed by atoms with E-state index in [1.807, 2.05) is 42.5 Å². The first-order valence-electron chi connectivity index (χ1n) is 7.87. The lowest BCUT2D eigenvalue weighted by Crippen LogP contribution is -2.12. The summed E-state index contributed by atoms with van der Waals surface area (Å²) in [5.41, 5.74) is 2.26. The molecule has 0 aromatic heterocycles. The number of benzene rings is 2. The minimum Gasteiger partial charge on any atom is -0.492 e. The molecule has 0 aliphatic rings. The molecule has 1 unspecified atom stereocenters. The van der Waals surface area contributed by atoms with E-state index >= 15 is 0 Å². The van der Waals surface area contributed by atoms with Crippen molar-refractivity contribution in [1.29, 1.82) is 0 Å². The molecule has 3 heteroatoms. The second-order valence-electron chi connectivity index (χ2n) is 5.46. The average Bonchev–Trinajstić information content (AvgIpc) is 2.52. The Bertz CT molecular complexity index is 583. The summed E-state index contributed by atoms with van der Waals surface area (Å²) in [6.45, 7) is 7.64. The maximum absolute atomic E-state index is 5.82. The highest BCUT2D eigenvalue weighted by Gasteiger charge is 2.02. The van der Waals surface area contributed by atoms with Crippen molar-refractivity contribution in [2.45, 2.75) is 33.3 Å². The lowest BCUT2D eigenvalue weighted by Gasteiger charge is -2.14. The van der Waals surface area contributed by atoms with Crippen LogP contribution in [0.2, 0.25) is 0 Å². The fourth-order valence-electron chi connectivity index (χ4n) is 2.06. The number of nitrogens with one attached hydrogen (secondary N) is 1. The predicted octanol–water partition coefficient (Wildman–Crippen LogP) is 4.66. The molecule has 0 aliphatic heterocycles. The van der Waals surface area contributed by atoms with Crippen molar-refractivity contribution in [3.05, 3.63) is 54.1 Å². The van der Waals surface area contributed by atoms with Crippen molar-refractivity contribution >= 4 is 5.69 Å². The Kier molecular flexibility index (Phi) is 6.13. The summed E-state index contributed by atoms with van der Waals surface area (Å²) in [6.07, 6.45) is 1.24. The van der Waals surface area contributed by atoms with Gasteiger partial charge in [-0.2, -0.15) is 0 Å². The van der Waals surface area contributed by atoms with Crippen LogP contribution in [0.4, 0.5) is 5.69 Å². The van der Waals surface area contributed by atoms with Crippen LogP contribution in [0.1, 0.15) is 25.8 Å². The summed E-state index contributed by atoms with van der Waals surface area (Å²) in [4.78, 5) is 0. The third kappa shape index (κ3) is 5.32. The number of hydrogen-bond acceptors (Lipinski definition) is 3. The highest BCUT2D eigenvalue weighted by Crippen LogP contribution is 2.19. The number of ether oxygens (including phenoxy) is 2. The van der Waals surface area contributed by atoms with E-state index in [4.69, 9.17) is 9.47 Å². The normalized spacial score (nSPS) is 11.8. The van der Waals surface area contributed by atoms with Gasteiger partial charge < -0.3 is 14.8 Å². The van der Waals surface area contributed by atoms with Crippen LogP contribution in [0.5, 0.6) is 11.5 Å². The van der Waals surface area contributed by atoms with Crippen molar-refractivity contribution in [3.8, 4) is 11.5 Å². The molecule has 0 aliphatic carbocycles. The van der Waals surface area contributed by atoms with Crippen LogP contribution in [0.15, 0.2) is 48.5 Å². The first-order valence-corrected chi connectivity index (χ1v) is 7.87. The average molecular weight is 299 g/mol. The Hall–Kier alpha value is -2.16. The van der Waals surface area contributed by atoms with E-state index < -0.39 is 0 Å². The summed E-state index contributed by atoms with van der Waals surface area (Å²) in [5.74, 6) is 1.81. The smallest absolute Gasteiger partial charge is 0.121 e. The van der Waals surface area contributed by atoms with Crippen molar-refractivity contribution in [3.63, 3.8) is 0 Å². The third-order valence-corrected chi connectivity index (χ3v) is 3.44. The molecule has 0 amide bonds. The van der Waals surface area contributed by atoms with Gasteiger partial charge in [-0.3, -0.25) is 0 Å². The SMILES string of the molecule is CCC(C)Oc1cccc(NCCOc2cccc(C)c2)c1. The zero-order valence-corrected chi connectivity index (χ0v) is 13.6. The monoisotopic (exact) mass is 299 g/mol. The van der Waals surface area contributed by atoms with E-state index in [1.54, 1.807) is 0 Å². The zero-order chi connectivity index (χ0) is 15.8. The number of aryl methyl sites for hydroxylation is 1. The first-order chi connectivity index (χ1) is 10.7. The van der Waals surface area contributed by atoms with Crippen LogP contribution >= 0.6 is 0 Å². The molecule has 0 bridgehead atoms. The van der Waals surface area contributed by atoms with Crippen molar-refractivity contribution in [2.75, 3.05) is 18.5 Å². The Morgan fingerprint density at radius 1 is 1.05 bits per heavy atom. The van der Waals surface area contributed by atoms with E-state index in [2.05, 4.69) is 32.2 Å². The molecule has 2 rings (SSSR count). The van der Waals surface area contributed by atoms with E-state index in [0.717, 1.165) is 30.2 Å². The van der Waals surface area contributed by atoms with Crippen LogP contribution in [0.25, 0.3) is 0 Å². The standard InChI is InChI=1S/C19H25NO2/c1-4-16(3)22-19-10-6-8-17(14-19)20-11-12-21-18-9-5-7-15(2)13-18/h5-10,13-14,16,20H,4,11-12H2,1-3H3. The summed E-state index contributed by atoms with van der Waals surface area (Å²) in [7, 11) is 0. The molecule has 3 nitrogen and oxygen atoms in total. The Morgan fingerprint density at radius 2 is 1.82 bits per heavy atom. The highest BCUT2D eigenvalue weighted by atomic mass is 16.5. The highest BCUT2D eigenvalue weighted by molar-refractivity contribution is 5.48. The molecular weight excluding hydrogens is 274 g/mol. The van der Waals surface area contributed by atoms with Crippen LogP contribution < -0.4 is 14.8 Å². The van der Waals surface area contributed by atoms with Gasteiger partial charge in [0, 0.05) is 18.3 Å². The van der Waals surface area contributed by atoms with Crippen molar-refractivity contribution < 1.29 is 9.47 Å². The van der Waals surface area contributed by atoms with Gasteiger partial charge in [0.15, 0.2) is 0 Å². The van der Waals surface area contributed by atoms with E-state index in [9.17, 15) is 0 Å². The van der Waals surface area contributed by atoms with Gasteiger partial charge >= 0.3 is 0 Å². The van der Waals surface area contributed by atoms with E-state index in [1.165, 1.54) is 5.56 Å². The lowest BCUT2D eigenvalue weighted by atomic mass is 10.2. The van der Waals surface area contributed by atoms with E-state index in [-0.39, 0.29) is 6.10 Å². The summed E-state index contributed by atoms with van der Waals surface area (Å²) in [6, 6.07) is 16.1. The largest absolute Gasteiger partial charge is 0.492 e. The minimum atomic E-state index is 0.236. The maximum Gasteiger partial charge on any atom is 0.121 e. The van der Waals surface area contributed by atoms with Crippen LogP contribution in [-0.4, -0.2) is 19.3 Å². The fraction of sp³-hybridized carbons (Fsp3) is 0.368. The van der Waals surface area contributed by atoms with Crippen molar-refractivity contribution in [1.82, 2.24) is 0 Å². The second-order valence-corrected chi connectivity index (χ2v) is 5.46. The molecule has 0 spiro atoms. The van der Waals surface area contributed by atoms with Gasteiger partial charge in [-0.25, -0.2) is 0 Å². The third-order valence-electron chi connectivity index (χ3n) is 3.44. The summed E-state index contributed by atoms with van der Waals surface area (Å²) >= 11 is 0. The summed E-state index contributed by atoms with van der Waals surface area (Å²) < 4.78 is 11.5. The van der Waals surface area contributed by atoms with Gasteiger partial charge in [-0.05, 0) is 50.1 Å². The lowest BCUT2D eigenvalue weighted by molar-refractivity contribution is 0.217. The number of anilines is 1. The molecule has 0 heterocycles. The van der Waals surface area contributed by atoms with Gasteiger partial charge in [-0.1, -0.05) is 25.1 Å². The summed E-state index contributed by atoms with van der Waals surface area (Å²) in [5, 5.41) is 3.36. The second kappa shape index (κ2) is 8.32. The molecular formula is C19H25NO2. The molecule has 0 saturated heterocycles. The maximum atomic E-state index is 5.82. The van der Waals surface area contributed by atoms with Gasteiger partial charge in [0.2, 0.25) is 0 Å². The quantitative estimate of drug-likeness (QED) is 0.719. The molecule has 118 valence electrons. The molecule has 2 aromatic rings. The van der Waals surface area contributed by atoms with Crippen LogP contribution in [-0.2, 0) is 0 Å². The minimum absolute atomic E-state index is 0.236. The predicted molar refractivity (Wildman–Crippen MR) is 92.0 cm³/mol. The van der Waals surface area contributed by atoms with Gasteiger partial charge in [0.1, 0.15) is 18.1 Å². The number of rotatable bonds is 8. The molecule has 0 radical (unpaired) electrons. The van der Waals surface area contributed by atoms with Gasteiger partial charge in [0.05, 0.1) is 6.10 Å². The van der Waals surface area contributed by atoms with Crippen LogP contribution in [0, 0.1) is 6.92 Å². The van der Waals surface area contributed by atoms with E-state index in [0.29, 0.717) is 6.61 Å². The molecule has 0 fully saturated rings. The Labute approximate surface area is 133 Å². The van der Waals surface area contributed by atoms with Crippen molar-refractivity contribution in [2.24, 2.45) is 0 Å². The fourth-order valence-corrected chi connectivity index (χ4v) is 2.06. The Morgan fingerprint density at radius 3 is 2.59 bits per heavy atom.